The molecule has 2 aliphatic heterocycles. The van der Waals surface area contributed by atoms with Gasteiger partial charge in [-0.2, -0.15) is 0 Å². The van der Waals surface area contributed by atoms with Gasteiger partial charge in [0.15, 0.2) is 6.17 Å². The fourth-order valence-electron chi connectivity index (χ4n) is 2.95. The summed E-state index contributed by atoms with van der Waals surface area (Å²) in [7, 11) is 0. The molecule has 7 heteroatoms. The van der Waals surface area contributed by atoms with Crippen molar-refractivity contribution < 1.29 is 18.3 Å². The molecule has 5 nitrogen and oxygen atoms in total. The van der Waals surface area contributed by atoms with E-state index < -0.39 is 17.5 Å². The third-order valence-corrected chi connectivity index (χ3v) is 4.31. The van der Waals surface area contributed by atoms with Gasteiger partial charge in [-0.05, 0) is 31.5 Å². The number of anilines is 1. The fraction of sp³-hybridized carbons (Fsp3) is 0.562. The Balaban J connectivity index is 1.94. The summed E-state index contributed by atoms with van der Waals surface area (Å²) in [5, 5.41) is 3.28. The van der Waals surface area contributed by atoms with Gasteiger partial charge >= 0.3 is 0 Å². The number of benzene rings is 1. The minimum absolute atomic E-state index is 0.0506. The molecule has 1 aromatic rings. The number of hydrogen-bond donors (Lipinski definition) is 2. The number of hydrogen-bond acceptors (Lipinski definition) is 5. The first kappa shape index (κ1) is 16.1. The summed E-state index contributed by atoms with van der Waals surface area (Å²) in [4.78, 5) is 4.19. The molecule has 3 N–H and O–H groups in total. The molecular formula is C16H21F2N3O2. The molecule has 0 spiro atoms. The Morgan fingerprint density at radius 1 is 1.35 bits per heavy atom. The third kappa shape index (κ3) is 3.30. The molecule has 3 rings (SSSR count). The van der Waals surface area contributed by atoms with Gasteiger partial charge in [0.2, 0.25) is 0 Å². The zero-order chi connectivity index (χ0) is 16.4. The number of nitrogens with zero attached hydrogens (tertiary/aromatic N) is 1. The quantitative estimate of drug-likeness (QED) is 0.891. The average Bonchev–Trinajstić information content (AvgIpc) is 2.97. The number of nitrogens with one attached hydrogen (secondary N) is 1. The molecule has 1 fully saturated rings. The van der Waals surface area contributed by atoms with Gasteiger partial charge in [-0.25, -0.2) is 8.78 Å². The van der Waals surface area contributed by atoms with E-state index in [-0.39, 0.29) is 30.7 Å². The number of aliphatic imine (C=N–C) groups is 1. The van der Waals surface area contributed by atoms with E-state index in [4.69, 9.17) is 15.2 Å². The maximum atomic E-state index is 14.6. The van der Waals surface area contributed by atoms with Crippen LogP contribution in [0.5, 0.6) is 0 Å². The monoisotopic (exact) mass is 325 g/mol. The molecule has 126 valence electrons. The Morgan fingerprint density at radius 3 is 2.91 bits per heavy atom. The Kier molecular flexibility index (Phi) is 4.50. The van der Waals surface area contributed by atoms with Gasteiger partial charge in [-0.15, -0.1) is 0 Å². The van der Waals surface area contributed by atoms with Gasteiger partial charge in [0, 0.05) is 17.9 Å². The molecule has 23 heavy (non-hydrogen) atoms. The summed E-state index contributed by atoms with van der Waals surface area (Å²) in [6.07, 6.45) is -0.600. The van der Waals surface area contributed by atoms with Crippen LogP contribution in [0.3, 0.4) is 0 Å². The minimum Gasteiger partial charge on any atom is -0.386 e. The molecule has 0 saturated carbocycles. The van der Waals surface area contributed by atoms with E-state index in [1.807, 2.05) is 0 Å². The average molecular weight is 325 g/mol. The second-order valence-corrected chi connectivity index (χ2v) is 6.13. The lowest BCUT2D eigenvalue weighted by molar-refractivity contribution is 0.0755. The Bertz CT molecular complexity index is 605. The highest BCUT2D eigenvalue weighted by molar-refractivity contribution is 5.82. The van der Waals surface area contributed by atoms with E-state index in [1.165, 1.54) is 6.07 Å². The molecule has 0 bridgehead atoms. The van der Waals surface area contributed by atoms with Crippen molar-refractivity contribution in [3.8, 4) is 0 Å². The summed E-state index contributed by atoms with van der Waals surface area (Å²) in [5.74, 6) is -0.351. The number of amidine groups is 1. The SMILES string of the molecule is C[C@]1(c2cc(NC3CCOC3)ccc2F)N=C(N)COC[C@@H]1F. The van der Waals surface area contributed by atoms with Crippen molar-refractivity contribution in [1.29, 1.82) is 0 Å². The van der Waals surface area contributed by atoms with Gasteiger partial charge in [0.25, 0.3) is 0 Å². The zero-order valence-electron chi connectivity index (χ0n) is 13.0. The third-order valence-electron chi connectivity index (χ3n) is 4.31. The van der Waals surface area contributed by atoms with E-state index in [0.717, 1.165) is 6.42 Å². The maximum Gasteiger partial charge on any atom is 0.152 e. The van der Waals surface area contributed by atoms with Crippen LogP contribution in [0.25, 0.3) is 0 Å². The van der Waals surface area contributed by atoms with E-state index >= 15 is 0 Å². The van der Waals surface area contributed by atoms with E-state index in [0.29, 0.717) is 18.9 Å². The number of ether oxygens (including phenoxy) is 2. The lowest BCUT2D eigenvalue weighted by Gasteiger charge is -2.29. The van der Waals surface area contributed by atoms with E-state index in [2.05, 4.69) is 10.3 Å². The van der Waals surface area contributed by atoms with E-state index in [1.54, 1.807) is 19.1 Å². The van der Waals surface area contributed by atoms with Crippen LogP contribution < -0.4 is 11.1 Å². The van der Waals surface area contributed by atoms with Crippen LogP contribution in [0.15, 0.2) is 23.2 Å². The number of alkyl halides is 1. The van der Waals surface area contributed by atoms with Crippen molar-refractivity contribution in [2.24, 2.45) is 10.7 Å². The van der Waals surface area contributed by atoms with Gasteiger partial charge in [0.05, 0.1) is 19.3 Å². The van der Waals surface area contributed by atoms with Crippen LogP contribution in [0.2, 0.25) is 0 Å². The fourth-order valence-corrected chi connectivity index (χ4v) is 2.95. The van der Waals surface area contributed by atoms with Crippen molar-refractivity contribution in [3.05, 3.63) is 29.6 Å². The molecule has 0 aliphatic carbocycles. The van der Waals surface area contributed by atoms with Crippen LogP contribution >= 0.6 is 0 Å². The van der Waals surface area contributed by atoms with Gasteiger partial charge in [0.1, 0.15) is 23.8 Å². The van der Waals surface area contributed by atoms with Gasteiger partial charge < -0.3 is 20.5 Å². The molecule has 1 aromatic carbocycles. The number of rotatable bonds is 3. The zero-order valence-corrected chi connectivity index (χ0v) is 13.0. The van der Waals surface area contributed by atoms with Crippen LogP contribution in [-0.4, -0.2) is 44.5 Å². The van der Waals surface area contributed by atoms with Gasteiger partial charge in [-0.1, -0.05) is 0 Å². The number of halogens is 2. The molecule has 2 aliphatic rings. The Hall–Kier alpha value is -1.73. The Labute approximate surface area is 133 Å². The van der Waals surface area contributed by atoms with Crippen LogP contribution in [0.1, 0.15) is 18.9 Å². The summed E-state index contributed by atoms with van der Waals surface area (Å²) >= 11 is 0. The van der Waals surface area contributed by atoms with Crippen molar-refractivity contribution in [1.82, 2.24) is 0 Å². The second kappa shape index (κ2) is 6.41. The highest BCUT2D eigenvalue weighted by atomic mass is 19.1. The highest BCUT2D eigenvalue weighted by Crippen LogP contribution is 2.36. The topological polar surface area (TPSA) is 68.9 Å². The minimum atomic E-state index is -1.48. The first-order chi connectivity index (χ1) is 11.0. The molecule has 1 unspecified atom stereocenters. The van der Waals surface area contributed by atoms with Gasteiger partial charge in [-0.3, -0.25) is 4.99 Å². The summed E-state index contributed by atoms with van der Waals surface area (Å²) < 4.78 is 39.4. The normalized spacial score (nSPS) is 31.5. The molecule has 0 amide bonds. The number of nitrogens with two attached hydrogens (primary N) is 1. The molecule has 0 radical (unpaired) electrons. The molecule has 3 atom stereocenters. The largest absolute Gasteiger partial charge is 0.386 e. The first-order valence-electron chi connectivity index (χ1n) is 7.69. The smallest absolute Gasteiger partial charge is 0.152 e. The molecule has 1 saturated heterocycles. The van der Waals surface area contributed by atoms with Crippen LogP contribution in [-0.2, 0) is 15.0 Å². The Morgan fingerprint density at radius 2 is 2.17 bits per heavy atom. The summed E-state index contributed by atoms with van der Waals surface area (Å²) in [6.45, 7) is 2.73. The van der Waals surface area contributed by atoms with Crippen molar-refractivity contribution in [3.63, 3.8) is 0 Å². The summed E-state index contributed by atoms with van der Waals surface area (Å²) in [6, 6.07) is 4.73. The molecular weight excluding hydrogens is 304 g/mol. The van der Waals surface area contributed by atoms with Crippen molar-refractivity contribution >= 4 is 11.5 Å². The lowest BCUT2D eigenvalue weighted by Crippen LogP contribution is -2.36. The molecule has 2 heterocycles. The van der Waals surface area contributed by atoms with Crippen molar-refractivity contribution in [2.45, 2.75) is 31.1 Å². The maximum absolute atomic E-state index is 14.6. The summed E-state index contributed by atoms with van der Waals surface area (Å²) in [5.41, 5.74) is 5.21. The predicted octanol–water partition coefficient (Wildman–Crippen LogP) is 1.97. The first-order valence-corrected chi connectivity index (χ1v) is 7.69. The second-order valence-electron chi connectivity index (χ2n) is 6.13. The molecule has 0 aromatic heterocycles. The highest BCUT2D eigenvalue weighted by Gasteiger charge is 2.40. The predicted molar refractivity (Wildman–Crippen MR) is 83.9 cm³/mol. The van der Waals surface area contributed by atoms with Crippen LogP contribution in [0.4, 0.5) is 14.5 Å². The van der Waals surface area contributed by atoms with Crippen molar-refractivity contribution in [2.75, 3.05) is 31.7 Å². The van der Waals surface area contributed by atoms with E-state index in [9.17, 15) is 8.78 Å². The lowest BCUT2D eigenvalue weighted by atomic mass is 9.87. The standard InChI is InChI=1S/C16H21F2N3O2/c1-16(14(18)8-23-9-15(19)21-16)12-6-10(2-3-13(12)17)20-11-4-5-22-7-11/h2-3,6,11,14,20H,4-5,7-9H2,1H3,(H2,19,21)/t11?,14-,16+/m0/s1. The van der Waals surface area contributed by atoms with Crippen LogP contribution in [0, 0.1) is 5.82 Å².